The topological polar surface area (TPSA) is 95.5 Å². The second-order valence-electron chi connectivity index (χ2n) is 7.72. The van der Waals surface area contributed by atoms with Gasteiger partial charge in [0.25, 0.3) is 5.91 Å². The van der Waals surface area contributed by atoms with E-state index < -0.39 is 22.9 Å². The summed E-state index contributed by atoms with van der Waals surface area (Å²) in [6.07, 6.45) is 9.48. The lowest BCUT2D eigenvalue weighted by Gasteiger charge is -2.36. The van der Waals surface area contributed by atoms with Crippen LogP contribution in [0.2, 0.25) is 0 Å². The van der Waals surface area contributed by atoms with Gasteiger partial charge in [0, 0.05) is 16.9 Å². The van der Waals surface area contributed by atoms with Crippen molar-refractivity contribution in [3.63, 3.8) is 0 Å². The molecule has 6 nitrogen and oxygen atoms in total. The number of phenolic OH excluding ortho intramolecular Hbond substituents is 1. The van der Waals surface area contributed by atoms with Crippen molar-refractivity contribution in [2.24, 2.45) is 17.3 Å². The highest BCUT2D eigenvalue weighted by Crippen LogP contribution is 2.65. The molecule has 2 fully saturated rings. The van der Waals surface area contributed by atoms with Gasteiger partial charge in [0.05, 0.1) is 0 Å². The highest BCUT2D eigenvalue weighted by molar-refractivity contribution is 6.09. The molecular weight excluding hydrogens is 332 g/mol. The molecule has 0 aromatic heterocycles. The van der Waals surface area contributed by atoms with Crippen molar-refractivity contribution in [1.29, 1.82) is 0 Å². The number of Topliss-reactive ketones (excluding diaryl/α,β-unsaturated/α-hetero) is 1. The Balaban J connectivity index is 1.52. The summed E-state index contributed by atoms with van der Waals surface area (Å²) in [6.45, 7) is 0. The van der Waals surface area contributed by atoms with Gasteiger partial charge >= 0.3 is 6.03 Å². The quantitative estimate of drug-likeness (QED) is 0.725. The summed E-state index contributed by atoms with van der Waals surface area (Å²) in [7, 11) is 0. The van der Waals surface area contributed by atoms with Gasteiger partial charge < -0.3 is 10.4 Å². The summed E-state index contributed by atoms with van der Waals surface area (Å²) >= 11 is 0. The summed E-state index contributed by atoms with van der Waals surface area (Å²) in [5.41, 5.74) is -0.185. The molecule has 1 aromatic rings. The molecule has 0 bridgehead atoms. The molecule has 4 aliphatic rings. The van der Waals surface area contributed by atoms with Crippen molar-refractivity contribution >= 4 is 17.7 Å². The summed E-state index contributed by atoms with van der Waals surface area (Å²) in [5, 5.41) is 14.9. The molecule has 0 spiro atoms. The highest BCUT2D eigenvalue weighted by atomic mass is 16.3. The fourth-order valence-corrected chi connectivity index (χ4v) is 5.03. The van der Waals surface area contributed by atoms with E-state index in [1.807, 2.05) is 18.2 Å². The van der Waals surface area contributed by atoms with Crippen LogP contribution in [0.25, 0.3) is 0 Å². The van der Waals surface area contributed by atoms with Gasteiger partial charge in [0.2, 0.25) is 0 Å². The second kappa shape index (κ2) is 4.84. The predicted molar refractivity (Wildman–Crippen MR) is 92.5 cm³/mol. The third-order valence-corrected chi connectivity index (χ3v) is 6.39. The molecule has 1 aromatic carbocycles. The number of rotatable bonds is 3. The Morgan fingerprint density at radius 1 is 1.19 bits per heavy atom. The molecule has 3 N–H and O–H groups in total. The third kappa shape index (κ3) is 1.84. The summed E-state index contributed by atoms with van der Waals surface area (Å²) < 4.78 is 0. The normalized spacial score (nSPS) is 36.5. The average molecular weight is 350 g/mol. The molecule has 26 heavy (non-hydrogen) atoms. The van der Waals surface area contributed by atoms with E-state index in [2.05, 4.69) is 16.7 Å². The zero-order valence-corrected chi connectivity index (χ0v) is 14.0. The fourth-order valence-electron chi connectivity index (χ4n) is 5.03. The molecule has 3 amide bonds. The van der Waals surface area contributed by atoms with Crippen molar-refractivity contribution < 1.29 is 19.5 Å². The van der Waals surface area contributed by atoms with Gasteiger partial charge in [-0.25, -0.2) is 4.79 Å². The minimum absolute atomic E-state index is 0.0561. The van der Waals surface area contributed by atoms with Gasteiger partial charge in [-0.05, 0) is 42.9 Å². The number of ketones is 1. The maximum absolute atomic E-state index is 12.9. The number of aromatic hydroxyl groups is 1. The Labute approximate surface area is 150 Å². The molecule has 132 valence electrons. The second-order valence-corrected chi connectivity index (χ2v) is 7.72. The Morgan fingerprint density at radius 3 is 2.77 bits per heavy atom. The first-order valence-electron chi connectivity index (χ1n) is 8.81. The number of allylic oxidation sites excluding steroid dienone is 3. The molecular formula is C20H18N2O4. The maximum atomic E-state index is 12.9. The number of hydrogen-bond donors (Lipinski definition) is 3. The van der Waals surface area contributed by atoms with Crippen LogP contribution in [0.1, 0.15) is 28.8 Å². The lowest BCUT2D eigenvalue weighted by atomic mass is 9.71. The summed E-state index contributed by atoms with van der Waals surface area (Å²) in [6, 6.07) is 4.31. The van der Waals surface area contributed by atoms with Crippen LogP contribution in [-0.2, 0) is 11.2 Å². The predicted octanol–water partition coefficient (Wildman–Crippen LogP) is 1.85. The highest BCUT2D eigenvalue weighted by Gasteiger charge is 2.71. The van der Waals surface area contributed by atoms with Gasteiger partial charge in [-0.1, -0.05) is 30.4 Å². The smallest absolute Gasteiger partial charge is 0.322 e. The molecule has 1 saturated carbocycles. The minimum atomic E-state index is -1.11. The Bertz CT molecular complexity index is 934. The van der Waals surface area contributed by atoms with E-state index in [0.717, 1.165) is 12.0 Å². The van der Waals surface area contributed by atoms with Crippen LogP contribution < -0.4 is 10.6 Å². The number of urea groups is 1. The number of fused-ring (bicyclic) bond motifs is 2. The zero-order valence-electron chi connectivity index (χ0n) is 14.0. The largest absolute Gasteiger partial charge is 0.508 e. The summed E-state index contributed by atoms with van der Waals surface area (Å²) in [5.74, 6) is -0.573. The summed E-state index contributed by atoms with van der Waals surface area (Å²) in [4.78, 5) is 37.7. The molecule has 4 atom stereocenters. The number of imide groups is 1. The van der Waals surface area contributed by atoms with E-state index in [0.29, 0.717) is 12.0 Å². The van der Waals surface area contributed by atoms with Crippen LogP contribution in [0.4, 0.5) is 4.79 Å². The maximum Gasteiger partial charge on any atom is 0.322 e. The van der Waals surface area contributed by atoms with Crippen molar-refractivity contribution in [3.8, 4) is 5.75 Å². The zero-order chi connectivity index (χ0) is 18.1. The number of amides is 3. The lowest BCUT2D eigenvalue weighted by Crippen LogP contribution is -2.56. The van der Waals surface area contributed by atoms with Crippen molar-refractivity contribution in [2.45, 2.75) is 24.8 Å². The van der Waals surface area contributed by atoms with E-state index in [4.69, 9.17) is 0 Å². The molecule has 5 rings (SSSR count). The average Bonchev–Trinajstić information content (AvgIpc) is 3.21. The van der Waals surface area contributed by atoms with Gasteiger partial charge in [-0.2, -0.15) is 0 Å². The van der Waals surface area contributed by atoms with E-state index in [-0.39, 0.29) is 29.8 Å². The molecule has 0 radical (unpaired) electrons. The third-order valence-electron chi connectivity index (χ3n) is 6.39. The number of phenols is 1. The van der Waals surface area contributed by atoms with Crippen molar-refractivity contribution in [2.75, 3.05) is 0 Å². The van der Waals surface area contributed by atoms with E-state index in [1.165, 1.54) is 6.07 Å². The first kappa shape index (κ1) is 15.4. The molecule has 1 aliphatic heterocycles. The monoisotopic (exact) mass is 350 g/mol. The first-order chi connectivity index (χ1) is 12.4. The molecule has 3 aliphatic carbocycles. The number of carbonyl (C=O) groups is 3. The number of hydrogen-bond acceptors (Lipinski definition) is 4. The lowest BCUT2D eigenvalue weighted by molar-refractivity contribution is -0.126. The Morgan fingerprint density at radius 2 is 2.04 bits per heavy atom. The van der Waals surface area contributed by atoms with Crippen LogP contribution in [0.3, 0.4) is 0 Å². The number of carbonyl (C=O) groups excluding carboxylic acids is 3. The molecule has 1 saturated heterocycles. The SMILES string of the molecule is O=C1NC(=O)C(CC2Cc3ccc(O)cc3C2=O)(C23C=CC=CC2C3)N1. The van der Waals surface area contributed by atoms with Crippen LogP contribution in [0, 0.1) is 17.3 Å². The molecule has 4 unspecified atom stereocenters. The van der Waals surface area contributed by atoms with Gasteiger partial charge in [0.1, 0.15) is 11.3 Å². The van der Waals surface area contributed by atoms with Gasteiger partial charge in [-0.15, -0.1) is 0 Å². The molecule has 1 heterocycles. The number of nitrogens with one attached hydrogen (secondary N) is 2. The van der Waals surface area contributed by atoms with Gasteiger partial charge in [0.15, 0.2) is 5.78 Å². The minimum Gasteiger partial charge on any atom is -0.508 e. The Hall–Kier alpha value is -2.89. The van der Waals surface area contributed by atoms with Crippen LogP contribution in [0.15, 0.2) is 42.5 Å². The van der Waals surface area contributed by atoms with Gasteiger partial charge in [-0.3, -0.25) is 14.9 Å². The van der Waals surface area contributed by atoms with E-state index >= 15 is 0 Å². The standard InChI is InChI=1S/C20H18N2O4/c23-14-5-4-11-7-12(16(24)15(11)8-14)9-20(17(25)21-18(26)22-20)19-6-2-1-3-13(19)10-19/h1-6,8,12-13,23H,7,9-10H2,(H2,21,22,25,26). The van der Waals surface area contributed by atoms with Crippen molar-refractivity contribution in [1.82, 2.24) is 10.6 Å². The van der Waals surface area contributed by atoms with Crippen LogP contribution >= 0.6 is 0 Å². The fraction of sp³-hybridized carbons (Fsp3) is 0.350. The van der Waals surface area contributed by atoms with Crippen LogP contribution in [0.5, 0.6) is 5.75 Å². The Kier molecular flexibility index (Phi) is 2.86. The van der Waals surface area contributed by atoms with Crippen molar-refractivity contribution in [3.05, 3.63) is 53.6 Å². The van der Waals surface area contributed by atoms with E-state index in [9.17, 15) is 19.5 Å². The first-order valence-corrected chi connectivity index (χ1v) is 8.81. The number of benzene rings is 1. The van der Waals surface area contributed by atoms with E-state index in [1.54, 1.807) is 12.1 Å². The molecule has 6 heteroatoms. The van der Waals surface area contributed by atoms with Crippen LogP contribution in [-0.4, -0.2) is 28.4 Å².